The Hall–Kier alpha value is -0.870. The smallest absolute Gasteiger partial charge is 0.208 e. The maximum absolute atomic E-state index is 13.0. The Bertz CT molecular complexity index is 566. The van der Waals surface area contributed by atoms with Crippen molar-refractivity contribution in [2.24, 2.45) is 0 Å². The van der Waals surface area contributed by atoms with E-state index in [2.05, 4.69) is 20.9 Å². The number of aromatic amines is 1. The van der Waals surface area contributed by atoms with Gasteiger partial charge in [0.05, 0.1) is 10.9 Å². The Morgan fingerprint density at radius 3 is 2.86 bits per heavy atom. The topological polar surface area (TPSA) is 32.9 Å². The lowest BCUT2D eigenvalue weighted by molar-refractivity contribution is 0.629. The van der Waals surface area contributed by atoms with E-state index in [-0.39, 0.29) is 15.8 Å². The second-order valence-corrected chi connectivity index (χ2v) is 4.04. The first kappa shape index (κ1) is 9.68. The molecule has 0 atom stereocenters. The minimum atomic E-state index is -0.475. The van der Waals surface area contributed by atoms with E-state index in [1.807, 2.05) is 0 Å². The minimum Gasteiger partial charge on any atom is -0.359 e. The molecular formula is C9H4BrClFNO. The van der Waals surface area contributed by atoms with Gasteiger partial charge in [0.2, 0.25) is 5.43 Å². The summed E-state index contributed by atoms with van der Waals surface area (Å²) in [6.45, 7) is 0. The lowest BCUT2D eigenvalue weighted by Gasteiger charge is -2.01. The van der Waals surface area contributed by atoms with Crippen LogP contribution in [0.4, 0.5) is 4.39 Å². The van der Waals surface area contributed by atoms with E-state index in [0.717, 1.165) is 6.07 Å². The van der Waals surface area contributed by atoms with E-state index in [9.17, 15) is 9.18 Å². The number of rotatable bonds is 0. The molecule has 5 heteroatoms. The molecule has 0 saturated heterocycles. The third-order valence-electron chi connectivity index (χ3n) is 1.86. The third-order valence-corrected chi connectivity index (χ3v) is 2.77. The van der Waals surface area contributed by atoms with E-state index < -0.39 is 5.82 Å². The predicted molar refractivity (Wildman–Crippen MR) is 57.2 cm³/mol. The number of nitrogens with one attached hydrogen (secondary N) is 1. The Morgan fingerprint density at radius 1 is 1.43 bits per heavy atom. The minimum absolute atomic E-state index is 0.0509. The van der Waals surface area contributed by atoms with E-state index in [4.69, 9.17) is 11.6 Å². The first-order valence-corrected chi connectivity index (χ1v) is 4.92. The van der Waals surface area contributed by atoms with E-state index in [1.165, 1.54) is 12.3 Å². The lowest BCUT2D eigenvalue weighted by Crippen LogP contribution is -2.03. The van der Waals surface area contributed by atoms with E-state index in [0.29, 0.717) is 9.99 Å². The summed E-state index contributed by atoms with van der Waals surface area (Å²) in [5.41, 5.74) is 0.168. The van der Waals surface area contributed by atoms with Gasteiger partial charge in [-0.3, -0.25) is 4.79 Å². The van der Waals surface area contributed by atoms with Gasteiger partial charge in [0.15, 0.2) is 0 Å². The Morgan fingerprint density at radius 2 is 2.14 bits per heavy atom. The molecule has 0 aliphatic carbocycles. The number of aromatic nitrogens is 1. The van der Waals surface area contributed by atoms with Gasteiger partial charge in [-0.1, -0.05) is 11.6 Å². The van der Waals surface area contributed by atoms with Gasteiger partial charge in [-0.05, 0) is 28.1 Å². The van der Waals surface area contributed by atoms with Gasteiger partial charge in [-0.2, -0.15) is 0 Å². The molecule has 0 bridgehead atoms. The molecule has 1 N–H and O–H groups in total. The molecule has 0 unspecified atom stereocenters. The van der Waals surface area contributed by atoms with Gasteiger partial charge < -0.3 is 4.98 Å². The predicted octanol–water partition coefficient (Wildman–Crippen LogP) is 3.08. The normalized spacial score (nSPS) is 10.8. The summed E-state index contributed by atoms with van der Waals surface area (Å²) in [6.07, 6.45) is 1.38. The van der Waals surface area contributed by atoms with Crippen molar-refractivity contribution in [2.45, 2.75) is 0 Å². The molecule has 0 amide bonds. The first-order chi connectivity index (χ1) is 6.59. The number of fused-ring (bicyclic) bond motifs is 1. The van der Waals surface area contributed by atoms with Crippen LogP contribution in [0, 0.1) is 5.82 Å². The highest BCUT2D eigenvalue weighted by Gasteiger charge is 2.07. The van der Waals surface area contributed by atoms with Crippen molar-refractivity contribution in [1.82, 2.24) is 4.98 Å². The highest BCUT2D eigenvalue weighted by Crippen LogP contribution is 2.22. The molecule has 0 aliphatic heterocycles. The zero-order valence-corrected chi connectivity index (χ0v) is 9.12. The summed E-state index contributed by atoms with van der Waals surface area (Å²) in [5.74, 6) is -0.475. The van der Waals surface area contributed by atoms with Gasteiger partial charge in [0.25, 0.3) is 0 Å². The number of pyridine rings is 1. The summed E-state index contributed by atoms with van der Waals surface area (Å²) in [5, 5.41) is 0.291. The Balaban J connectivity index is 3.03. The fourth-order valence-corrected chi connectivity index (χ4v) is 1.93. The number of hydrogen-bond donors (Lipinski definition) is 1. The second-order valence-electron chi connectivity index (χ2n) is 2.78. The average molecular weight is 276 g/mol. The fourth-order valence-electron chi connectivity index (χ4n) is 1.23. The molecule has 1 aromatic heterocycles. The lowest BCUT2D eigenvalue weighted by atomic mass is 10.2. The van der Waals surface area contributed by atoms with Crippen LogP contribution in [0.25, 0.3) is 10.9 Å². The zero-order valence-electron chi connectivity index (χ0n) is 6.77. The molecule has 2 rings (SSSR count). The van der Waals surface area contributed by atoms with Crippen molar-refractivity contribution in [3.05, 3.63) is 43.9 Å². The van der Waals surface area contributed by atoms with Crippen LogP contribution in [-0.4, -0.2) is 4.98 Å². The molecule has 0 radical (unpaired) electrons. The number of halogens is 3. The molecule has 1 aromatic carbocycles. The average Bonchev–Trinajstić information content (AvgIpc) is 2.12. The number of hydrogen-bond acceptors (Lipinski definition) is 1. The van der Waals surface area contributed by atoms with Crippen molar-refractivity contribution < 1.29 is 4.39 Å². The van der Waals surface area contributed by atoms with Crippen molar-refractivity contribution in [3.63, 3.8) is 0 Å². The SMILES string of the molecule is O=c1c(Cl)c[nH]c2c(Br)cc(F)cc12. The van der Waals surface area contributed by atoms with Crippen LogP contribution >= 0.6 is 27.5 Å². The number of benzene rings is 1. The molecule has 0 fully saturated rings. The largest absolute Gasteiger partial charge is 0.359 e. The summed E-state index contributed by atoms with van der Waals surface area (Å²) < 4.78 is 13.5. The standard InChI is InChI=1S/C9H4BrClFNO/c10-6-2-4(12)1-5-8(6)13-3-7(11)9(5)14/h1-3H,(H,13,14). The Kier molecular flexibility index (Phi) is 2.33. The van der Waals surface area contributed by atoms with Gasteiger partial charge >= 0.3 is 0 Å². The molecule has 0 spiro atoms. The van der Waals surface area contributed by atoms with Crippen molar-refractivity contribution in [1.29, 1.82) is 0 Å². The fraction of sp³-hybridized carbons (Fsp3) is 0. The quantitative estimate of drug-likeness (QED) is 0.788. The maximum atomic E-state index is 13.0. The van der Waals surface area contributed by atoms with Crippen LogP contribution in [0.2, 0.25) is 5.02 Å². The summed E-state index contributed by atoms with van der Waals surface area (Å²) in [4.78, 5) is 14.3. The van der Waals surface area contributed by atoms with Crippen LogP contribution < -0.4 is 5.43 Å². The summed E-state index contributed by atoms with van der Waals surface area (Å²) >= 11 is 8.76. The molecule has 2 nitrogen and oxygen atoms in total. The van der Waals surface area contributed by atoms with Crippen LogP contribution in [0.15, 0.2) is 27.6 Å². The van der Waals surface area contributed by atoms with Crippen molar-refractivity contribution >= 4 is 38.4 Å². The van der Waals surface area contributed by atoms with Gasteiger partial charge in [0, 0.05) is 10.7 Å². The monoisotopic (exact) mass is 275 g/mol. The van der Waals surface area contributed by atoms with Crippen molar-refractivity contribution in [2.75, 3.05) is 0 Å². The van der Waals surface area contributed by atoms with Crippen LogP contribution in [-0.2, 0) is 0 Å². The summed E-state index contributed by atoms with van der Waals surface area (Å²) in [7, 11) is 0. The van der Waals surface area contributed by atoms with Crippen LogP contribution in [0.3, 0.4) is 0 Å². The maximum Gasteiger partial charge on any atom is 0.208 e. The molecule has 72 valence electrons. The van der Waals surface area contributed by atoms with E-state index in [1.54, 1.807) is 0 Å². The van der Waals surface area contributed by atoms with Crippen LogP contribution in [0.1, 0.15) is 0 Å². The van der Waals surface area contributed by atoms with E-state index >= 15 is 0 Å². The number of H-pyrrole nitrogens is 1. The zero-order chi connectivity index (χ0) is 10.3. The highest BCUT2D eigenvalue weighted by atomic mass is 79.9. The summed E-state index contributed by atoms with van der Waals surface area (Å²) in [6, 6.07) is 2.44. The van der Waals surface area contributed by atoms with Crippen LogP contribution in [0.5, 0.6) is 0 Å². The van der Waals surface area contributed by atoms with Crippen molar-refractivity contribution in [3.8, 4) is 0 Å². The molecule has 0 aliphatic rings. The molecule has 1 heterocycles. The second kappa shape index (κ2) is 3.37. The Labute approximate surface area is 91.8 Å². The third kappa shape index (κ3) is 1.44. The molecule has 2 aromatic rings. The van der Waals surface area contributed by atoms with Gasteiger partial charge in [-0.25, -0.2) is 4.39 Å². The van der Waals surface area contributed by atoms with Gasteiger partial charge in [0.1, 0.15) is 10.8 Å². The molecular weight excluding hydrogens is 272 g/mol. The molecule has 0 saturated carbocycles. The molecule has 14 heavy (non-hydrogen) atoms. The first-order valence-electron chi connectivity index (χ1n) is 3.75. The van der Waals surface area contributed by atoms with Gasteiger partial charge in [-0.15, -0.1) is 0 Å². The highest BCUT2D eigenvalue weighted by molar-refractivity contribution is 9.10.